The fourth-order valence-corrected chi connectivity index (χ4v) is 2.81. The number of halogens is 1. The Morgan fingerprint density at radius 1 is 1.24 bits per heavy atom. The molecule has 25 heavy (non-hydrogen) atoms. The number of benzene rings is 1. The normalized spacial score (nSPS) is 12.0. The van der Waals surface area contributed by atoms with Crippen LogP contribution in [-0.4, -0.2) is 44.3 Å². The molecule has 4 N–H and O–H groups in total. The molecule has 0 amide bonds. The number of nitrogens with two attached hydrogens (primary N) is 1. The third kappa shape index (κ3) is 7.61. The second kappa shape index (κ2) is 10.6. The van der Waals surface area contributed by atoms with Crippen LogP contribution in [0.25, 0.3) is 10.9 Å². The van der Waals surface area contributed by atoms with Gasteiger partial charge in [0.05, 0.1) is 5.75 Å². The topological polar surface area (TPSA) is 102 Å². The Morgan fingerprint density at radius 3 is 2.72 bits per heavy atom. The number of aryl methyl sites for hydroxylation is 1. The van der Waals surface area contributed by atoms with Crippen LogP contribution in [0.2, 0.25) is 0 Å². The lowest BCUT2D eigenvalue weighted by Crippen LogP contribution is -2.40. The molecule has 0 aliphatic carbocycles. The van der Waals surface area contributed by atoms with Crippen LogP contribution in [0.5, 0.6) is 0 Å². The molecule has 0 aliphatic heterocycles. The number of sulfonamides is 1. The van der Waals surface area contributed by atoms with Crippen LogP contribution in [0, 0.1) is 0 Å². The number of nitrogens with zero attached hydrogens (tertiary/aromatic N) is 2. The summed E-state index contributed by atoms with van der Waals surface area (Å²) in [6.45, 7) is 4.45. The van der Waals surface area contributed by atoms with Crippen LogP contribution >= 0.6 is 24.0 Å². The van der Waals surface area contributed by atoms with Gasteiger partial charge in [-0.15, -0.1) is 24.0 Å². The lowest BCUT2D eigenvalue weighted by molar-refractivity contribution is 0.596. The van der Waals surface area contributed by atoms with Gasteiger partial charge < -0.3 is 15.2 Å². The molecule has 0 saturated heterocycles. The number of aliphatic imine (C=N–C) groups is 1. The van der Waals surface area contributed by atoms with E-state index in [9.17, 15) is 8.42 Å². The third-order valence-electron chi connectivity index (χ3n) is 3.53. The zero-order valence-electron chi connectivity index (χ0n) is 14.3. The molecule has 9 heteroatoms. The van der Waals surface area contributed by atoms with E-state index < -0.39 is 10.0 Å². The molecule has 0 spiro atoms. The van der Waals surface area contributed by atoms with Crippen molar-refractivity contribution in [2.75, 3.05) is 25.4 Å². The number of fused-ring (bicyclic) bond motifs is 1. The first kappa shape index (κ1) is 21.7. The van der Waals surface area contributed by atoms with Gasteiger partial charge in [-0.2, -0.15) is 0 Å². The van der Waals surface area contributed by atoms with Gasteiger partial charge in [0.25, 0.3) is 0 Å². The van der Waals surface area contributed by atoms with Crippen LogP contribution in [0.1, 0.15) is 13.3 Å². The van der Waals surface area contributed by atoms with Gasteiger partial charge in [-0.05, 0) is 30.9 Å². The average Bonchev–Trinajstić information content (AvgIpc) is 2.93. The summed E-state index contributed by atoms with van der Waals surface area (Å²) in [7, 11) is -3.46. The van der Waals surface area contributed by atoms with E-state index in [0.29, 0.717) is 19.0 Å². The number of guanidine groups is 1. The highest BCUT2D eigenvalue weighted by molar-refractivity contribution is 14.0. The maximum Gasteiger partial charge on any atom is 0.210 e. The van der Waals surface area contributed by atoms with Crippen molar-refractivity contribution in [3.05, 3.63) is 36.5 Å². The third-order valence-corrected chi connectivity index (χ3v) is 4.30. The van der Waals surface area contributed by atoms with E-state index in [1.807, 2.05) is 19.1 Å². The molecule has 1 heterocycles. The molecular weight excluding hydrogens is 453 g/mol. The Hall–Kier alpha value is -1.33. The predicted molar refractivity (Wildman–Crippen MR) is 114 cm³/mol. The number of para-hydroxylation sites is 1. The van der Waals surface area contributed by atoms with Crippen LogP contribution in [0.4, 0.5) is 0 Å². The Balaban J connectivity index is 0.00000312. The van der Waals surface area contributed by atoms with Crippen molar-refractivity contribution in [3.8, 4) is 0 Å². The van der Waals surface area contributed by atoms with E-state index in [1.165, 1.54) is 10.9 Å². The minimum absolute atomic E-state index is 0. The summed E-state index contributed by atoms with van der Waals surface area (Å²) in [5.41, 5.74) is 1.22. The van der Waals surface area contributed by atoms with E-state index in [4.69, 9.17) is 5.14 Å². The number of rotatable bonds is 8. The van der Waals surface area contributed by atoms with Crippen molar-refractivity contribution in [2.45, 2.75) is 19.9 Å². The molecule has 1 aromatic heterocycles. The number of primary sulfonamides is 1. The standard InChI is InChI=1S/C16H25N5O2S.HI/c1-2-18-16(20-10-13-24(17,22)23)19-9-5-11-21-12-8-14-6-3-4-7-15(14)21;/h3-4,6-8,12H,2,5,9-11,13H2,1H3,(H2,17,22,23)(H2,18,19,20);1H. The molecule has 0 fully saturated rings. The second-order valence-corrected chi connectivity index (χ2v) is 7.21. The quantitative estimate of drug-likeness (QED) is 0.231. The number of hydrogen-bond acceptors (Lipinski definition) is 3. The zero-order chi connectivity index (χ0) is 17.4. The zero-order valence-corrected chi connectivity index (χ0v) is 17.5. The van der Waals surface area contributed by atoms with Crippen molar-refractivity contribution >= 4 is 50.9 Å². The minimum atomic E-state index is -3.46. The van der Waals surface area contributed by atoms with Gasteiger partial charge in [0.15, 0.2) is 5.96 Å². The van der Waals surface area contributed by atoms with E-state index in [0.717, 1.165) is 13.0 Å². The molecule has 2 rings (SSSR count). The highest BCUT2D eigenvalue weighted by Gasteiger charge is 2.03. The lowest BCUT2D eigenvalue weighted by Gasteiger charge is -2.11. The monoisotopic (exact) mass is 479 g/mol. The van der Waals surface area contributed by atoms with Crippen LogP contribution in [0.3, 0.4) is 0 Å². The molecule has 2 aromatic rings. The largest absolute Gasteiger partial charge is 0.357 e. The molecule has 140 valence electrons. The molecule has 0 atom stereocenters. The lowest BCUT2D eigenvalue weighted by atomic mass is 10.2. The minimum Gasteiger partial charge on any atom is -0.357 e. The average molecular weight is 479 g/mol. The van der Waals surface area contributed by atoms with E-state index in [2.05, 4.69) is 44.6 Å². The predicted octanol–water partition coefficient (Wildman–Crippen LogP) is 1.49. The first-order chi connectivity index (χ1) is 11.5. The molecule has 0 saturated carbocycles. The highest BCUT2D eigenvalue weighted by Crippen LogP contribution is 2.15. The van der Waals surface area contributed by atoms with Crippen molar-refractivity contribution in [1.82, 2.24) is 15.2 Å². The second-order valence-electron chi connectivity index (χ2n) is 5.48. The first-order valence-electron chi connectivity index (χ1n) is 8.06. The maximum absolute atomic E-state index is 10.9. The van der Waals surface area contributed by atoms with E-state index in [1.54, 1.807) is 0 Å². The number of aromatic nitrogens is 1. The molecule has 7 nitrogen and oxygen atoms in total. The SMILES string of the molecule is CCNC(=NCCCn1ccc2ccccc21)NCCS(N)(=O)=O.I. The Morgan fingerprint density at radius 2 is 2.00 bits per heavy atom. The fourth-order valence-electron chi connectivity index (χ4n) is 2.42. The maximum atomic E-state index is 10.9. The van der Waals surface area contributed by atoms with Crippen molar-refractivity contribution < 1.29 is 8.42 Å². The summed E-state index contributed by atoms with van der Waals surface area (Å²) in [4.78, 5) is 4.46. The fraction of sp³-hybridized carbons (Fsp3) is 0.438. The van der Waals surface area contributed by atoms with E-state index in [-0.39, 0.29) is 36.3 Å². The van der Waals surface area contributed by atoms with Crippen molar-refractivity contribution in [3.63, 3.8) is 0 Å². The smallest absolute Gasteiger partial charge is 0.210 e. The summed E-state index contributed by atoms with van der Waals surface area (Å²) in [5.74, 6) is 0.491. The molecule has 0 aliphatic rings. The molecule has 0 radical (unpaired) electrons. The van der Waals surface area contributed by atoms with Gasteiger partial charge in [-0.1, -0.05) is 18.2 Å². The molecular formula is C16H26IN5O2S. The summed E-state index contributed by atoms with van der Waals surface area (Å²) in [6.07, 6.45) is 2.98. The van der Waals surface area contributed by atoms with Gasteiger partial charge in [0, 0.05) is 37.9 Å². The molecule has 1 aromatic carbocycles. The molecule has 0 unspecified atom stereocenters. The summed E-state index contributed by atoms with van der Waals surface area (Å²) in [5, 5.41) is 12.3. The Bertz CT molecular complexity index is 789. The summed E-state index contributed by atoms with van der Waals surface area (Å²) >= 11 is 0. The van der Waals surface area contributed by atoms with Crippen molar-refractivity contribution in [1.29, 1.82) is 0 Å². The van der Waals surface area contributed by atoms with Gasteiger partial charge in [0.1, 0.15) is 0 Å². The van der Waals surface area contributed by atoms with Gasteiger partial charge >= 0.3 is 0 Å². The Labute approximate surface area is 166 Å². The van der Waals surface area contributed by atoms with E-state index >= 15 is 0 Å². The highest BCUT2D eigenvalue weighted by atomic mass is 127. The first-order valence-corrected chi connectivity index (χ1v) is 9.77. The van der Waals surface area contributed by atoms with Crippen molar-refractivity contribution in [2.24, 2.45) is 10.1 Å². The number of hydrogen-bond donors (Lipinski definition) is 3. The number of nitrogens with one attached hydrogen (secondary N) is 2. The summed E-state index contributed by atoms with van der Waals surface area (Å²) in [6, 6.07) is 10.4. The molecule has 0 bridgehead atoms. The summed E-state index contributed by atoms with van der Waals surface area (Å²) < 4.78 is 24.1. The van der Waals surface area contributed by atoms with Crippen LogP contribution in [-0.2, 0) is 16.6 Å². The van der Waals surface area contributed by atoms with Gasteiger partial charge in [-0.25, -0.2) is 13.6 Å². The van der Waals surface area contributed by atoms with Gasteiger partial charge in [0.2, 0.25) is 10.0 Å². The Kier molecular flexibility index (Phi) is 9.22. The van der Waals surface area contributed by atoms with Gasteiger partial charge in [-0.3, -0.25) is 4.99 Å². The van der Waals surface area contributed by atoms with Crippen LogP contribution in [0.15, 0.2) is 41.5 Å². The van der Waals surface area contributed by atoms with Crippen LogP contribution < -0.4 is 15.8 Å².